The molecule has 0 aliphatic heterocycles. The standard InChI is InChI=1S/C8H12ClN/c1-6(2)8(4,5-10)7(3)9/h6H,3H2,1-2,4H3. The van der Waals surface area contributed by atoms with E-state index in [9.17, 15) is 0 Å². The van der Waals surface area contributed by atoms with Gasteiger partial charge in [0.1, 0.15) is 0 Å². The third-order valence-electron chi connectivity index (χ3n) is 1.95. The van der Waals surface area contributed by atoms with Crippen molar-refractivity contribution in [1.29, 1.82) is 5.26 Å². The van der Waals surface area contributed by atoms with Gasteiger partial charge < -0.3 is 0 Å². The number of rotatable bonds is 2. The molecule has 0 fully saturated rings. The second kappa shape index (κ2) is 3.07. The van der Waals surface area contributed by atoms with Gasteiger partial charge in [-0.15, -0.1) is 0 Å². The molecule has 2 heteroatoms. The van der Waals surface area contributed by atoms with Crippen molar-refractivity contribution >= 4 is 11.6 Å². The lowest BCUT2D eigenvalue weighted by atomic mass is 9.81. The molecule has 0 aliphatic rings. The highest BCUT2D eigenvalue weighted by molar-refractivity contribution is 6.30. The molecule has 0 bridgehead atoms. The molecule has 56 valence electrons. The summed E-state index contributed by atoms with van der Waals surface area (Å²) in [6.07, 6.45) is 0. The fraction of sp³-hybridized carbons (Fsp3) is 0.625. The van der Waals surface area contributed by atoms with Crippen LogP contribution < -0.4 is 0 Å². The Bertz CT molecular complexity index is 178. The first kappa shape index (κ1) is 9.52. The van der Waals surface area contributed by atoms with E-state index >= 15 is 0 Å². The summed E-state index contributed by atoms with van der Waals surface area (Å²) in [5, 5.41) is 9.15. The summed E-state index contributed by atoms with van der Waals surface area (Å²) in [7, 11) is 0. The molecule has 0 rings (SSSR count). The monoisotopic (exact) mass is 157 g/mol. The predicted molar refractivity (Wildman–Crippen MR) is 43.6 cm³/mol. The van der Waals surface area contributed by atoms with Gasteiger partial charge in [-0.25, -0.2) is 0 Å². The Kier molecular flexibility index (Phi) is 2.93. The van der Waals surface area contributed by atoms with Gasteiger partial charge in [-0.1, -0.05) is 32.0 Å². The zero-order chi connectivity index (χ0) is 8.36. The number of hydrogen-bond acceptors (Lipinski definition) is 1. The highest BCUT2D eigenvalue weighted by Crippen LogP contribution is 2.35. The number of halogens is 1. The Hall–Kier alpha value is -0.480. The number of nitrogens with zero attached hydrogens (tertiary/aromatic N) is 1. The molecule has 0 saturated carbocycles. The van der Waals surface area contributed by atoms with E-state index in [-0.39, 0.29) is 5.92 Å². The Labute approximate surface area is 67.3 Å². The van der Waals surface area contributed by atoms with Crippen molar-refractivity contribution in [2.75, 3.05) is 0 Å². The third-order valence-corrected chi connectivity index (χ3v) is 2.34. The summed E-state index contributed by atoms with van der Waals surface area (Å²) in [5.41, 5.74) is -0.582. The smallest absolute Gasteiger partial charge is 0.0917 e. The van der Waals surface area contributed by atoms with Crippen molar-refractivity contribution in [3.05, 3.63) is 11.6 Å². The summed E-state index contributed by atoms with van der Waals surface area (Å²) >= 11 is 5.66. The highest BCUT2D eigenvalue weighted by atomic mass is 35.5. The molecule has 0 aliphatic carbocycles. The average Bonchev–Trinajstić information content (AvgIpc) is 1.85. The molecule has 0 heterocycles. The van der Waals surface area contributed by atoms with Gasteiger partial charge in [-0.2, -0.15) is 5.26 Å². The van der Waals surface area contributed by atoms with Crippen LogP contribution in [-0.4, -0.2) is 0 Å². The van der Waals surface area contributed by atoms with E-state index in [1.54, 1.807) is 6.92 Å². The van der Waals surface area contributed by atoms with E-state index < -0.39 is 5.41 Å². The second-order valence-corrected chi connectivity index (χ2v) is 3.33. The van der Waals surface area contributed by atoms with Crippen molar-refractivity contribution in [3.63, 3.8) is 0 Å². The number of nitriles is 1. The van der Waals surface area contributed by atoms with Crippen molar-refractivity contribution in [2.45, 2.75) is 20.8 Å². The van der Waals surface area contributed by atoms with Crippen LogP contribution in [0.2, 0.25) is 0 Å². The lowest BCUT2D eigenvalue weighted by Gasteiger charge is -2.24. The van der Waals surface area contributed by atoms with E-state index in [1.807, 2.05) is 13.8 Å². The zero-order valence-electron chi connectivity index (χ0n) is 6.61. The normalized spacial score (nSPS) is 16.0. The topological polar surface area (TPSA) is 23.8 Å². The minimum Gasteiger partial charge on any atom is -0.197 e. The SMILES string of the molecule is C=C(Cl)C(C)(C#N)C(C)C. The van der Waals surface area contributed by atoms with Crippen LogP contribution in [0.5, 0.6) is 0 Å². The van der Waals surface area contributed by atoms with Crippen LogP contribution in [0, 0.1) is 22.7 Å². The Morgan fingerprint density at radius 3 is 2.10 bits per heavy atom. The first-order valence-electron chi connectivity index (χ1n) is 3.21. The molecule has 1 nitrogen and oxygen atoms in total. The molecule has 0 aromatic heterocycles. The van der Waals surface area contributed by atoms with E-state index in [0.29, 0.717) is 5.03 Å². The largest absolute Gasteiger partial charge is 0.197 e. The molecule has 1 atom stereocenters. The van der Waals surface area contributed by atoms with Gasteiger partial charge in [0.05, 0.1) is 11.5 Å². The molecule has 0 spiro atoms. The van der Waals surface area contributed by atoms with Crippen LogP contribution in [0.1, 0.15) is 20.8 Å². The fourth-order valence-corrected chi connectivity index (χ4v) is 0.763. The number of hydrogen-bond donors (Lipinski definition) is 0. The van der Waals surface area contributed by atoms with E-state index in [4.69, 9.17) is 16.9 Å². The van der Waals surface area contributed by atoms with Crippen LogP contribution in [0.4, 0.5) is 0 Å². The Morgan fingerprint density at radius 1 is 1.70 bits per heavy atom. The maximum Gasteiger partial charge on any atom is 0.0917 e. The molecule has 0 aromatic rings. The lowest BCUT2D eigenvalue weighted by molar-refractivity contribution is 0.388. The minimum absolute atomic E-state index is 0.211. The first-order chi connectivity index (χ1) is 4.45. The maximum absolute atomic E-state index is 8.73. The molecular formula is C8H12ClN. The van der Waals surface area contributed by atoms with Crippen molar-refractivity contribution in [2.24, 2.45) is 11.3 Å². The van der Waals surface area contributed by atoms with Crippen molar-refractivity contribution in [1.82, 2.24) is 0 Å². The van der Waals surface area contributed by atoms with Gasteiger partial charge >= 0.3 is 0 Å². The Balaban J connectivity index is 4.60. The Morgan fingerprint density at radius 2 is 2.10 bits per heavy atom. The molecule has 0 radical (unpaired) electrons. The predicted octanol–water partition coefficient (Wildman–Crippen LogP) is 2.92. The third kappa shape index (κ3) is 1.52. The maximum atomic E-state index is 8.73. The molecule has 1 unspecified atom stereocenters. The van der Waals surface area contributed by atoms with Crippen molar-refractivity contribution < 1.29 is 0 Å². The second-order valence-electron chi connectivity index (χ2n) is 2.87. The van der Waals surface area contributed by atoms with Gasteiger partial charge in [0.15, 0.2) is 0 Å². The first-order valence-corrected chi connectivity index (χ1v) is 3.59. The number of allylic oxidation sites excluding steroid dienone is 1. The van der Waals surface area contributed by atoms with Gasteiger partial charge in [0.25, 0.3) is 0 Å². The van der Waals surface area contributed by atoms with Crippen LogP contribution in [-0.2, 0) is 0 Å². The zero-order valence-corrected chi connectivity index (χ0v) is 7.37. The summed E-state index contributed by atoms with van der Waals surface area (Å²) in [5.74, 6) is 0.211. The minimum atomic E-state index is -0.582. The van der Waals surface area contributed by atoms with Crippen molar-refractivity contribution in [3.8, 4) is 6.07 Å². The molecule has 0 N–H and O–H groups in total. The summed E-state index contributed by atoms with van der Waals surface area (Å²) in [6.45, 7) is 9.27. The lowest BCUT2D eigenvalue weighted by Crippen LogP contribution is -2.20. The van der Waals surface area contributed by atoms with Gasteiger partial charge in [-0.05, 0) is 12.8 Å². The van der Waals surface area contributed by atoms with E-state index in [1.165, 1.54) is 0 Å². The summed E-state index contributed by atoms with van der Waals surface area (Å²) < 4.78 is 0. The molecule has 10 heavy (non-hydrogen) atoms. The average molecular weight is 158 g/mol. The van der Waals surface area contributed by atoms with Crippen LogP contribution in [0.15, 0.2) is 11.6 Å². The summed E-state index contributed by atoms with van der Waals surface area (Å²) in [6, 6.07) is 2.15. The molecule has 0 amide bonds. The van der Waals surface area contributed by atoms with Gasteiger partial charge in [0, 0.05) is 5.03 Å². The fourth-order valence-electron chi connectivity index (χ4n) is 0.503. The van der Waals surface area contributed by atoms with E-state index in [0.717, 1.165) is 0 Å². The van der Waals surface area contributed by atoms with Crippen LogP contribution in [0.3, 0.4) is 0 Å². The highest BCUT2D eigenvalue weighted by Gasteiger charge is 2.30. The van der Waals surface area contributed by atoms with Gasteiger partial charge in [0.2, 0.25) is 0 Å². The quantitative estimate of drug-likeness (QED) is 0.605. The van der Waals surface area contributed by atoms with Crippen LogP contribution in [0.25, 0.3) is 0 Å². The molecule has 0 saturated heterocycles. The van der Waals surface area contributed by atoms with Gasteiger partial charge in [-0.3, -0.25) is 0 Å². The molecular weight excluding hydrogens is 146 g/mol. The summed E-state index contributed by atoms with van der Waals surface area (Å²) in [4.78, 5) is 0. The van der Waals surface area contributed by atoms with Crippen LogP contribution >= 0.6 is 11.6 Å². The van der Waals surface area contributed by atoms with E-state index in [2.05, 4.69) is 12.6 Å². The molecule has 0 aromatic carbocycles.